The summed E-state index contributed by atoms with van der Waals surface area (Å²) < 4.78 is 6.02. The van der Waals surface area contributed by atoms with E-state index in [9.17, 15) is 0 Å². The Hall–Kier alpha value is -0.570. The monoisotopic (exact) mass is 382 g/mol. The standard InChI is InChI=1S/C11H16ClIN4O/c1-18-6-2-5-15-11(17-14)16-10-4-3-8(13)7-9(10)12/h3-4,7H,2,5-6,14H2,1H3,(H2,15,16,17). The van der Waals surface area contributed by atoms with E-state index in [-0.39, 0.29) is 0 Å². The SMILES string of the molecule is COCCCN=C(NN)Nc1ccc(I)cc1Cl. The summed E-state index contributed by atoms with van der Waals surface area (Å²) in [5, 5.41) is 3.67. The topological polar surface area (TPSA) is 71.7 Å². The van der Waals surface area contributed by atoms with Gasteiger partial charge in [0.05, 0.1) is 10.7 Å². The van der Waals surface area contributed by atoms with Crippen LogP contribution in [0.2, 0.25) is 5.02 Å². The molecule has 1 aromatic carbocycles. The van der Waals surface area contributed by atoms with E-state index in [1.165, 1.54) is 0 Å². The number of rotatable bonds is 5. The molecular weight excluding hydrogens is 367 g/mol. The molecule has 0 aliphatic heterocycles. The molecule has 0 fully saturated rings. The number of methoxy groups -OCH3 is 1. The second-order valence-electron chi connectivity index (χ2n) is 3.47. The number of guanidine groups is 1. The van der Waals surface area contributed by atoms with Gasteiger partial charge in [0.25, 0.3) is 0 Å². The maximum absolute atomic E-state index is 6.10. The number of halogens is 2. The molecule has 0 unspecified atom stereocenters. The Balaban J connectivity index is 2.61. The first-order valence-corrected chi connectivity index (χ1v) is 6.85. The maximum atomic E-state index is 6.10. The second kappa shape index (κ2) is 8.52. The van der Waals surface area contributed by atoms with E-state index < -0.39 is 0 Å². The molecule has 1 aromatic rings. The van der Waals surface area contributed by atoms with E-state index in [1.807, 2.05) is 18.2 Å². The van der Waals surface area contributed by atoms with Crippen molar-refractivity contribution < 1.29 is 4.74 Å². The third-order valence-electron chi connectivity index (χ3n) is 2.10. The summed E-state index contributed by atoms with van der Waals surface area (Å²) in [7, 11) is 1.66. The first-order valence-electron chi connectivity index (χ1n) is 5.39. The molecule has 0 saturated carbocycles. The number of nitrogens with zero attached hydrogens (tertiary/aromatic N) is 1. The fourth-order valence-corrected chi connectivity index (χ4v) is 2.14. The molecule has 7 heteroatoms. The van der Waals surface area contributed by atoms with Gasteiger partial charge in [0.2, 0.25) is 5.96 Å². The van der Waals surface area contributed by atoms with Crippen LogP contribution in [0.4, 0.5) is 5.69 Å². The predicted molar refractivity (Wildman–Crippen MR) is 83.9 cm³/mol. The van der Waals surface area contributed by atoms with Gasteiger partial charge in [-0.3, -0.25) is 10.4 Å². The van der Waals surface area contributed by atoms with Crippen LogP contribution in [-0.4, -0.2) is 26.2 Å². The molecule has 0 bridgehead atoms. The van der Waals surface area contributed by atoms with Gasteiger partial charge in [-0.05, 0) is 47.2 Å². The zero-order chi connectivity index (χ0) is 13.4. The summed E-state index contributed by atoms with van der Waals surface area (Å²) in [5.74, 6) is 5.88. The molecule has 4 N–H and O–H groups in total. The van der Waals surface area contributed by atoms with Crippen molar-refractivity contribution >= 4 is 45.8 Å². The summed E-state index contributed by atoms with van der Waals surface area (Å²) in [6.45, 7) is 1.30. The van der Waals surface area contributed by atoms with Crippen molar-refractivity contribution in [3.05, 3.63) is 26.8 Å². The van der Waals surface area contributed by atoms with Gasteiger partial charge in [-0.2, -0.15) is 0 Å². The number of hydrogen-bond donors (Lipinski definition) is 3. The van der Waals surface area contributed by atoms with Gasteiger partial charge in [0.15, 0.2) is 0 Å². The largest absolute Gasteiger partial charge is 0.385 e. The van der Waals surface area contributed by atoms with Crippen molar-refractivity contribution in [3.8, 4) is 0 Å². The van der Waals surface area contributed by atoms with E-state index in [0.29, 0.717) is 24.1 Å². The van der Waals surface area contributed by atoms with Crippen LogP contribution in [0.1, 0.15) is 6.42 Å². The van der Waals surface area contributed by atoms with Gasteiger partial charge in [0.1, 0.15) is 0 Å². The molecule has 0 spiro atoms. The first-order chi connectivity index (χ1) is 8.67. The molecule has 0 aliphatic rings. The molecule has 0 atom stereocenters. The van der Waals surface area contributed by atoms with Gasteiger partial charge in [0, 0.05) is 23.8 Å². The molecule has 0 amide bonds. The lowest BCUT2D eigenvalue weighted by atomic mass is 10.3. The van der Waals surface area contributed by atoms with Crippen molar-refractivity contribution in [2.75, 3.05) is 25.6 Å². The molecular formula is C11H16ClIN4O. The van der Waals surface area contributed by atoms with Gasteiger partial charge < -0.3 is 10.1 Å². The van der Waals surface area contributed by atoms with Crippen LogP contribution >= 0.6 is 34.2 Å². The van der Waals surface area contributed by atoms with Crippen molar-refractivity contribution in [2.24, 2.45) is 10.8 Å². The minimum absolute atomic E-state index is 0.481. The number of nitrogens with two attached hydrogens (primary N) is 1. The number of hydrazine groups is 1. The van der Waals surface area contributed by atoms with Crippen LogP contribution < -0.4 is 16.6 Å². The van der Waals surface area contributed by atoms with Gasteiger partial charge >= 0.3 is 0 Å². The van der Waals surface area contributed by atoms with Crippen LogP contribution in [0.15, 0.2) is 23.2 Å². The number of aliphatic imine (C=N–C) groups is 1. The van der Waals surface area contributed by atoms with Crippen LogP contribution in [0.25, 0.3) is 0 Å². The van der Waals surface area contributed by atoms with Crippen LogP contribution in [0.5, 0.6) is 0 Å². The van der Waals surface area contributed by atoms with Gasteiger partial charge in [-0.25, -0.2) is 5.84 Å². The maximum Gasteiger partial charge on any atom is 0.210 e. The Bertz CT molecular complexity index is 414. The van der Waals surface area contributed by atoms with Crippen molar-refractivity contribution in [1.82, 2.24) is 5.43 Å². The van der Waals surface area contributed by atoms with Crippen molar-refractivity contribution in [2.45, 2.75) is 6.42 Å². The summed E-state index contributed by atoms with van der Waals surface area (Å²) in [4.78, 5) is 4.27. The summed E-state index contributed by atoms with van der Waals surface area (Å²) in [6, 6.07) is 5.70. The minimum atomic E-state index is 0.481. The lowest BCUT2D eigenvalue weighted by Gasteiger charge is -2.10. The van der Waals surface area contributed by atoms with E-state index in [2.05, 4.69) is 38.3 Å². The number of anilines is 1. The van der Waals surface area contributed by atoms with Gasteiger partial charge in [-0.15, -0.1) is 0 Å². The minimum Gasteiger partial charge on any atom is -0.385 e. The molecule has 0 aromatic heterocycles. The average molecular weight is 383 g/mol. The molecule has 100 valence electrons. The molecule has 0 radical (unpaired) electrons. The van der Waals surface area contributed by atoms with Gasteiger partial charge in [-0.1, -0.05) is 11.6 Å². The lowest BCUT2D eigenvalue weighted by molar-refractivity contribution is 0.197. The van der Waals surface area contributed by atoms with Crippen LogP contribution in [0.3, 0.4) is 0 Å². The highest BCUT2D eigenvalue weighted by Crippen LogP contribution is 2.23. The quantitative estimate of drug-likeness (QED) is 0.182. The summed E-state index contributed by atoms with van der Waals surface area (Å²) in [6.07, 6.45) is 0.837. The van der Waals surface area contributed by atoms with E-state index in [4.69, 9.17) is 22.2 Å². The second-order valence-corrected chi connectivity index (χ2v) is 5.12. The Morgan fingerprint density at radius 3 is 2.94 bits per heavy atom. The zero-order valence-corrected chi connectivity index (χ0v) is 13.0. The number of benzene rings is 1. The van der Waals surface area contributed by atoms with Crippen LogP contribution in [-0.2, 0) is 4.74 Å². The van der Waals surface area contributed by atoms with Crippen LogP contribution in [0, 0.1) is 3.57 Å². The summed E-state index contributed by atoms with van der Waals surface area (Å²) in [5.41, 5.74) is 3.27. The van der Waals surface area contributed by atoms with E-state index >= 15 is 0 Å². The first kappa shape index (κ1) is 15.5. The highest BCUT2D eigenvalue weighted by molar-refractivity contribution is 14.1. The number of hydrogen-bond acceptors (Lipinski definition) is 3. The predicted octanol–water partition coefficient (Wildman–Crippen LogP) is 2.21. The Morgan fingerprint density at radius 2 is 2.33 bits per heavy atom. The number of ether oxygens (including phenoxy) is 1. The Kier molecular flexibility index (Phi) is 7.33. The average Bonchev–Trinajstić information content (AvgIpc) is 2.35. The highest BCUT2D eigenvalue weighted by Gasteiger charge is 2.03. The molecule has 1 rings (SSSR count). The molecule has 18 heavy (non-hydrogen) atoms. The fourth-order valence-electron chi connectivity index (χ4n) is 1.24. The van der Waals surface area contributed by atoms with Crippen molar-refractivity contribution in [1.29, 1.82) is 0 Å². The molecule has 0 saturated heterocycles. The highest BCUT2D eigenvalue weighted by atomic mass is 127. The normalized spacial score (nSPS) is 11.4. The van der Waals surface area contributed by atoms with E-state index in [0.717, 1.165) is 15.7 Å². The zero-order valence-electron chi connectivity index (χ0n) is 10.0. The Morgan fingerprint density at radius 1 is 1.56 bits per heavy atom. The third kappa shape index (κ3) is 5.38. The molecule has 0 aliphatic carbocycles. The summed E-state index contributed by atoms with van der Waals surface area (Å²) >= 11 is 8.30. The fraction of sp³-hybridized carbons (Fsp3) is 0.364. The van der Waals surface area contributed by atoms with E-state index in [1.54, 1.807) is 7.11 Å². The number of nitrogens with one attached hydrogen (secondary N) is 2. The Labute approximate surface area is 125 Å². The van der Waals surface area contributed by atoms with Crippen molar-refractivity contribution in [3.63, 3.8) is 0 Å². The lowest BCUT2D eigenvalue weighted by Crippen LogP contribution is -2.36. The molecule has 5 nitrogen and oxygen atoms in total. The molecule has 0 heterocycles. The smallest absolute Gasteiger partial charge is 0.210 e. The third-order valence-corrected chi connectivity index (χ3v) is 3.08.